The summed E-state index contributed by atoms with van der Waals surface area (Å²) in [6, 6.07) is 16.7. The molecule has 0 spiro atoms. The van der Waals surface area contributed by atoms with Crippen LogP contribution >= 0.6 is 11.8 Å². The van der Waals surface area contributed by atoms with Crippen molar-refractivity contribution in [3.05, 3.63) is 65.7 Å². The fraction of sp³-hybridized carbons (Fsp3) is 0.0667. The summed E-state index contributed by atoms with van der Waals surface area (Å²) in [4.78, 5) is 0. The van der Waals surface area contributed by atoms with Crippen molar-refractivity contribution in [2.45, 2.75) is 5.75 Å². The van der Waals surface area contributed by atoms with Gasteiger partial charge in [-0.25, -0.2) is 0 Å². The smallest absolute Gasteiger partial charge is 0.423 e. The van der Waals surface area contributed by atoms with Gasteiger partial charge in [0.25, 0.3) is 0 Å². The number of thioether (sulfide) groups is 1. The second-order valence-corrected chi connectivity index (χ2v) is 5.50. The lowest BCUT2D eigenvalue weighted by Gasteiger charge is -2.00. The molecule has 0 unspecified atom stereocenters. The standard InChI is InChI=1S/C15H16BN3O2S/c17-15(22-11-12-5-2-1-3-6-12)19-18-10-13-7-4-8-14(9-13)16(20)21/h1-10,20-21H,11H2,(H2,17,19). The SMILES string of the molecule is NC(=NN=Cc1cccc(B(O)O)c1)SCc1ccccc1. The van der Waals surface area contributed by atoms with Crippen molar-refractivity contribution < 1.29 is 10.0 Å². The van der Waals surface area contributed by atoms with Gasteiger partial charge in [-0.1, -0.05) is 66.4 Å². The van der Waals surface area contributed by atoms with Gasteiger partial charge in [0.2, 0.25) is 0 Å². The van der Waals surface area contributed by atoms with Crippen LogP contribution in [0.4, 0.5) is 0 Å². The predicted octanol–water partition coefficient (Wildman–Crippen LogP) is 0.948. The van der Waals surface area contributed by atoms with Crippen LogP contribution in [0.1, 0.15) is 11.1 Å². The molecule has 0 aromatic heterocycles. The summed E-state index contributed by atoms with van der Waals surface area (Å²) in [6.07, 6.45) is 1.52. The summed E-state index contributed by atoms with van der Waals surface area (Å²) in [5.74, 6) is 0.734. The monoisotopic (exact) mass is 313 g/mol. The van der Waals surface area contributed by atoms with Crippen molar-refractivity contribution in [2.75, 3.05) is 0 Å². The maximum Gasteiger partial charge on any atom is 0.488 e. The maximum atomic E-state index is 9.10. The van der Waals surface area contributed by atoms with Crippen molar-refractivity contribution in [3.8, 4) is 0 Å². The van der Waals surface area contributed by atoms with Gasteiger partial charge in [-0.2, -0.15) is 5.10 Å². The van der Waals surface area contributed by atoms with Gasteiger partial charge in [-0.3, -0.25) is 0 Å². The van der Waals surface area contributed by atoms with Crippen molar-refractivity contribution in [1.29, 1.82) is 0 Å². The summed E-state index contributed by atoms with van der Waals surface area (Å²) >= 11 is 1.41. The Morgan fingerprint density at radius 2 is 1.91 bits per heavy atom. The van der Waals surface area contributed by atoms with Crippen LogP contribution in [-0.2, 0) is 5.75 Å². The number of hydrogen-bond acceptors (Lipinski definition) is 5. The van der Waals surface area contributed by atoms with E-state index in [0.717, 1.165) is 11.3 Å². The minimum atomic E-state index is -1.50. The Bertz CT molecular complexity index is 663. The van der Waals surface area contributed by atoms with Crippen molar-refractivity contribution >= 4 is 35.7 Å². The van der Waals surface area contributed by atoms with E-state index in [1.165, 1.54) is 23.5 Å². The highest BCUT2D eigenvalue weighted by molar-refractivity contribution is 8.13. The summed E-state index contributed by atoms with van der Waals surface area (Å²) in [5, 5.41) is 26.4. The lowest BCUT2D eigenvalue weighted by Crippen LogP contribution is -2.29. The van der Waals surface area contributed by atoms with Crippen LogP contribution in [0.2, 0.25) is 0 Å². The summed E-state index contributed by atoms with van der Waals surface area (Å²) < 4.78 is 0. The molecule has 0 fully saturated rings. The molecule has 2 aromatic rings. The molecular weight excluding hydrogens is 297 g/mol. The van der Waals surface area contributed by atoms with Crippen molar-refractivity contribution in [1.82, 2.24) is 0 Å². The third kappa shape index (κ3) is 5.36. The minimum Gasteiger partial charge on any atom is -0.423 e. The molecule has 0 bridgehead atoms. The summed E-state index contributed by atoms with van der Waals surface area (Å²) in [7, 11) is -1.50. The Morgan fingerprint density at radius 3 is 2.64 bits per heavy atom. The van der Waals surface area contributed by atoms with Crippen LogP contribution in [0.3, 0.4) is 0 Å². The van der Waals surface area contributed by atoms with Gasteiger partial charge in [0, 0.05) is 5.75 Å². The van der Waals surface area contributed by atoms with E-state index < -0.39 is 7.12 Å². The first-order valence-corrected chi connectivity index (χ1v) is 7.63. The van der Waals surface area contributed by atoms with E-state index in [4.69, 9.17) is 15.8 Å². The van der Waals surface area contributed by atoms with E-state index in [1.54, 1.807) is 24.3 Å². The van der Waals surface area contributed by atoms with Gasteiger partial charge in [0.05, 0.1) is 6.21 Å². The molecule has 0 heterocycles. The molecule has 112 valence electrons. The molecule has 0 amide bonds. The highest BCUT2D eigenvalue weighted by atomic mass is 32.2. The highest BCUT2D eigenvalue weighted by Gasteiger charge is 2.09. The van der Waals surface area contributed by atoms with E-state index in [9.17, 15) is 0 Å². The van der Waals surface area contributed by atoms with Crippen LogP contribution in [0, 0.1) is 0 Å². The number of rotatable bonds is 5. The van der Waals surface area contributed by atoms with Crippen LogP contribution in [-0.4, -0.2) is 28.5 Å². The zero-order valence-electron chi connectivity index (χ0n) is 11.8. The molecular formula is C15H16BN3O2S. The number of nitrogens with two attached hydrogens (primary N) is 1. The molecule has 0 aliphatic rings. The Hall–Kier alpha value is -2.09. The highest BCUT2D eigenvalue weighted by Crippen LogP contribution is 2.11. The fourth-order valence-electron chi connectivity index (χ4n) is 1.71. The number of nitrogens with zero attached hydrogens (tertiary/aromatic N) is 2. The summed E-state index contributed by atoms with van der Waals surface area (Å²) in [5.41, 5.74) is 8.07. The minimum absolute atomic E-state index is 0.374. The van der Waals surface area contributed by atoms with E-state index in [0.29, 0.717) is 10.6 Å². The lowest BCUT2D eigenvalue weighted by molar-refractivity contribution is 0.426. The van der Waals surface area contributed by atoms with Gasteiger partial charge in [0.15, 0.2) is 5.17 Å². The number of hydrogen-bond donors (Lipinski definition) is 3. The lowest BCUT2D eigenvalue weighted by atomic mass is 9.80. The van der Waals surface area contributed by atoms with Gasteiger partial charge in [0.1, 0.15) is 0 Å². The van der Waals surface area contributed by atoms with Gasteiger partial charge in [-0.05, 0) is 16.6 Å². The maximum absolute atomic E-state index is 9.10. The van der Waals surface area contributed by atoms with Crippen LogP contribution in [0.5, 0.6) is 0 Å². The summed E-state index contributed by atoms with van der Waals surface area (Å²) in [6.45, 7) is 0. The molecule has 2 aromatic carbocycles. The van der Waals surface area contributed by atoms with E-state index in [2.05, 4.69) is 10.2 Å². The Labute approximate surface area is 133 Å². The third-order valence-corrected chi connectivity index (χ3v) is 3.66. The van der Waals surface area contributed by atoms with E-state index in [1.807, 2.05) is 30.3 Å². The molecule has 0 aliphatic carbocycles. The molecule has 0 aliphatic heterocycles. The molecule has 0 saturated carbocycles. The van der Waals surface area contributed by atoms with Gasteiger partial charge < -0.3 is 15.8 Å². The molecule has 4 N–H and O–H groups in total. The zero-order chi connectivity index (χ0) is 15.8. The largest absolute Gasteiger partial charge is 0.488 e. The Morgan fingerprint density at radius 1 is 1.14 bits per heavy atom. The molecule has 5 nitrogen and oxygen atoms in total. The van der Waals surface area contributed by atoms with E-state index >= 15 is 0 Å². The topological polar surface area (TPSA) is 91.2 Å². The first kappa shape index (κ1) is 16.3. The first-order valence-electron chi connectivity index (χ1n) is 6.64. The second-order valence-electron chi connectivity index (χ2n) is 4.50. The molecule has 0 atom stereocenters. The Kier molecular flexibility index (Phi) is 6.20. The second kappa shape index (κ2) is 8.38. The number of benzene rings is 2. The average Bonchev–Trinajstić information content (AvgIpc) is 2.54. The fourth-order valence-corrected chi connectivity index (χ4v) is 2.32. The third-order valence-electron chi connectivity index (χ3n) is 2.80. The zero-order valence-corrected chi connectivity index (χ0v) is 12.6. The Balaban J connectivity index is 1.91. The molecule has 0 radical (unpaired) electrons. The van der Waals surface area contributed by atoms with Crippen LogP contribution in [0.15, 0.2) is 64.8 Å². The molecule has 22 heavy (non-hydrogen) atoms. The quantitative estimate of drug-likeness (QED) is 0.332. The van der Waals surface area contributed by atoms with Crippen molar-refractivity contribution in [2.24, 2.45) is 15.9 Å². The first-order chi connectivity index (χ1) is 10.6. The number of amidine groups is 1. The molecule has 0 saturated heterocycles. The van der Waals surface area contributed by atoms with Gasteiger partial charge in [-0.15, -0.1) is 5.10 Å². The normalized spacial score (nSPS) is 11.8. The molecule has 7 heteroatoms. The predicted molar refractivity (Wildman–Crippen MR) is 93.2 cm³/mol. The van der Waals surface area contributed by atoms with Crippen LogP contribution < -0.4 is 11.2 Å². The van der Waals surface area contributed by atoms with Crippen LogP contribution in [0.25, 0.3) is 0 Å². The average molecular weight is 313 g/mol. The van der Waals surface area contributed by atoms with Gasteiger partial charge >= 0.3 is 7.12 Å². The van der Waals surface area contributed by atoms with E-state index in [-0.39, 0.29) is 0 Å². The van der Waals surface area contributed by atoms with Crippen molar-refractivity contribution in [3.63, 3.8) is 0 Å². The molecule has 2 rings (SSSR count).